The van der Waals surface area contributed by atoms with E-state index in [1.807, 2.05) is 0 Å². The fourth-order valence-corrected chi connectivity index (χ4v) is 4.19. The van der Waals surface area contributed by atoms with Gasteiger partial charge < -0.3 is 25.4 Å². The van der Waals surface area contributed by atoms with Crippen molar-refractivity contribution in [2.45, 2.75) is 96.7 Å². The maximum absolute atomic E-state index is 13.5. The van der Waals surface area contributed by atoms with Crippen LogP contribution in [-0.4, -0.2) is 52.6 Å². The molecule has 8 nitrogen and oxygen atoms in total. The zero-order chi connectivity index (χ0) is 25.1. The first-order chi connectivity index (χ1) is 16.1. The highest BCUT2D eigenvalue weighted by atomic mass is 16.6. The number of aromatic hydroxyl groups is 1. The van der Waals surface area contributed by atoms with Gasteiger partial charge in [0.25, 0.3) is 0 Å². The Morgan fingerprint density at radius 1 is 1.15 bits per heavy atom. The molecule has 1 fully saturated rings. The zero-order valence-corrected chi connectivity index (χ0v) is 21.1. The minimum absolute atomic E-state index is 0.0285. The largest absolute Gasteiger partial charge is 0.508 e. The van der Waals surface area contributed by atoms with E-state index >= 15 is 0 Å². The van der Waals surface area contributed by atoms with Gasteiger partial charge in [0.1, 0.15) is 23.9 Å². The number of ether oxygens (including phenoxy) is 1. The van der Waals surface area contributed by atoms with Crippen LogP contribution in [0.1, 0.15) is 90.7 Å². The van der Waals surface area contributed by atoms with Gasteiger partial charge >= 0.3 is 6.09 Å². The molecule has 0 aliphatic heterocycles. The van der Waals surface area contributed by atoms with Crippen LogP contribution in [0.4, 0.5) is 4.79 Å². The molecule has 1 aliphatic rings. The molecule has 1 unspecified atom stereocenters. The maximum Gasteiger partial charge on any atom is 0.408 e. The number of phenols is 1. The molecule has 0 heterocycles. The number of benzene rings is 1. The smallest absolute Gasteiger partial charge is 0.408 e. The number of alkyl carbamates (subject to hydrolysis) is 1. The summed E-state index contributed by atoms with van der Waals surface area (Å²) in [5.41, 5.74) is -0.145. The van der Waals surface area contributed by atoms with E-state index in [1.165, 1.54) is 23.5 Å². The van der Waals surface area contributed by atoms with Gasteiger partial charge in [0.2, 0.25) is 11.8 Å². The first-order valence-corrected chi connectivity index (χ1v) is 12.5. The van der Waals surface area contributed by atoms with Crippen molar-refractivity contribution < 1.29 is 24.2 Å². The molecule has 3 N–H and O–H groups in total. The second kappa shape index (κ2) is 13.2. The minimum atomic E-state index is -0.904. The third-order valence-corrected chi connectivity index (χ3v) is 5.80. The van der Waals surface area contributed by atoms with Crippen LogP contribution in [0.5, 0.6) is 5.75 Å². The van der Waals surface area contributed by atoms with Crippen molar-refractivity contribution >= 4 is 17.9 Å². The summed E-state index contributed by atoms with van der Waals surface area (Å²) in [6.07, 6.45) is 7.05. The summed E-state index contributed by atoms with van der Waals surface area (Å²) in [6, 6.07) is 5.64. The second-order valence-corrected chi connectivity index (χ2v) is 9.99. The predicted molar refractivity (Wildman–Crippen MR) is 131 cm³/mol. The average molecular weight is 476 g/mol. The van der Waals surface area contributed by atoms with E-state index in [0.29, 0.717) is 12.1 Å². The van der Waals surface area contributed by atoms with Gasteiger partial charge in [-0.05, 0) is 57.7 Å². The highest BCUT2D eigenvalue weighted by Gasteiger charge is 2.33. The SMILES string of the molecule is CCCCCN(C(=O)CNC(=O)OC(C)(C)C)C(C(=O)NC1CCCCC1)c1cccc(O)c1. The molecule has 8 heteroatoms. The standard InChI is InChI=1S/C26H41N3O5/c1-5-6-10-16-29(22(31)18-27-25(33)34-26(2,3)4)23(19-12-11-15-21(30)17-19)24(32)28-20-13-8-7-9-14-20/h11-12,15,17,20,23,30H,5-10,13-14,16,18H2,1-4H3,(H,27,33)(H,28,32). The average Bonchev–Trinajstić information content (AvgIpc) is 2.76. The van der Waals surface area contributed by atoms with E-state index in [9.17, 15) is 19.5 Å². The first kappa shape index (κ1) is 27.5. The van der Waals surface area contributed by atoms with Crippen LogP contribution in [0.15, 0.2) is 24.3 Å². The van der Waals surface area contributed by atoms with Crippen molar-refractivity contribution in [3.63, 3.8) is 0 Å². The van der Waals surface area contributed by atoms with E-state index in [0.717, 1.165) is 44.9 Å². The van der Waals surface area contributed by atoms with Crippen molar-refractivity contribution in [2.24, 2.45) is 0 Å². The molecule has 0 aromatic heterocycles. The van der Waals surface area contributed by atoms with Crippen molar-refractivity contribution in [1.29, 1.82) is 0 Å². The van der Waals surface area contributed by atoms with E-state index in [2.05, 4.69) is 17.6 Å². The van der Waals surface area contributed by atoms with Gasteiger partial charge in [-0.1, -0.05) is 51.2 Å². The Morgan fingerprint density at radius 3 is 2.47 bits per heavy atom. The molecule has 1 aromatic carbocycles. The van der Waals surface area contributed by atoms with Crippen LogP contribution < -0.4 is 10.6 Å². The summed E-state index contributed by atoms with van der Waals surface area (Å²) in [4.78, 5) is 40.5. The third kappa shape index (κ3) is 9.23. The topological polar surface area (TPSA) is 108 Å². The Morgan fingerprint density at radius 2 is 1.85 bits per heavy atom. The maximum atomic E-state index is 13.5. The Hall–Kier alpha value is -2.77. The second-order valence-electron chi connectivity index (χ2n) is 9.99. The highest BCUT2D eigenvalue weighted by molar-refractivity contribution is 5.90. The number of nitrogens with zero attached hydrogens (tertiary/aromatic N) is 1. The van der Waals surface area contributed by atoms with Gasteiger partial charge in [-0.25, -0.2) is 4.79 Å². The lowest BCUT2D eigenvalue weighted by Crippen LogP contribution is -2.50. The summed E-state index contributed by atoms with van der Waals surface area (Å²) < 4.78 is 5.24. The molecule has 0 radical (unpaired) electrons. The number of rotatable bonds is 10. The number of hydrogen-bond donors (Lipinski definition) is 3. The summed E-state index contributed by atoms with van der Waals surface area (Å²) in [5.74, 6) is -0.616. The van der Waals surface area contributed by atoms with Gasteiger partial charge in [0, 0.05) is 12.6 Å². The van der Waals surface area contributed by atoms with Crippen LogP contribution in [-0.2, 0) is 14.3 Å². The molecule has 1 saturated carbocycles. The number of nitrogens with one attached hydrogen (secondary N) is 2. The van der Waals surface area contributed by atoms with Gasteiger partial charge in [-0.15, -0.1) is 0 Å². The molecule has 190 valence electrons. The quantitative estimate of drug-likeness (QED) is 0.434. The van der Waals surface area contributed by atoms with Crippen LogP contribution in [0, 0.1) is 0 Å². The van der Waals surface area contributed by atoms with Crippen molar-refractivity contribution in [3.8, 4) is 5.75 Å². The van der Waals surface area contributed by atoms with Gasteiger partial charge in [0.15, 0.2) is 0 Å². The summed E-state index contributed by atoms with van der Waals surface area (Å²) in [5, 5.41) is 15.7. The summed E-state index contributed by atoms with van der Waals surface area (Å²) >= 11 is 0. The van der Waals surface area contributed by atoms with E-state index in [-0.39, 0.29) is 30.2 Å². The Kier molecular flexibility index (Phi) is 10.7. The van der Waals surface area contributed by atoms with Crippen LogP contribution in [0.3, 0.4) is 0 Å². The third-order valence-electron chi connectivity index (χ3n) is 5.80. The zero-order valence-electron chi connectivity index (χ0n) is 21.1. The normalized spacial score (nSPS) is 15.3. The molecule has 0 spiro atoms. The van der Waals surface area contributed by atoms with E-state index < -0.39 is 17.7 Å². The number of phenolic OH excluding ortho intramolecular Hbond substituents is 1. The van der Waals surface area contributed by atoms with Gasteiger partial charge in [-0.2, -0.15) is 0 Å². The Labute approximate surface area is 203 Å². The lowest BCUT2D eigenvalue weighted by molar-refractivity contribution is -0.140. The number of amides is 3. The molecule has 34 heavy (non-hydrogen) atoms. The Balaban J connectivity index is 2.26. The van der Waals surface area contributed by atoms with Crippen molar-refractivity contribution in [1.82, 2.24) is 15.5 Å². The summed E-state index contributed by atoms with van der Waals surface area (Å²) in [7, 11) is 0. The van der Waals surface area contributed by atoms with Crippen molar-refractivity contribution in [2.75, 3.05) is 13.1 Å². The van der Waals surface area contributed by atoms with E-state index in [4.69, 9.17) is 4.74 Å². The first-order valence-electron chi connectivity index (χ1n) is 12.5. The van der Waals surface area contributed by atoms with Gasteiger partial charge in [-0.3, -0.25) is 9.59 Å². The van der Waals surface area contributed by atoms with Crippen LogP contribution in [0.25, 0.3) is 0 Å². The molecule has 1 aliphatic carbocycles. The monoisotopic (exact) mass is 475 g/mol. The lowest BCUT2D eigenvalue weighted by Gasteiger charge is -2.33. The molecule has 0 bridgehead atoms. The number of hydrogen-bond acceptors (Lipinski definition) is 5. The number of unbranched alkanes of at least 4 members (excludes halogenated alkanes) is 2. The molecule has 1 atom stereocenters. The molecule has 3 amide bonds. The summed E-state index contributed by atoms with van der Waals surface area (Å²) in [6.45, 7) is 7.39. The van der Waals surface area contributed by atoms with Crippen LogP contribution in [0.2, 0.25) is 0 Å². The lowest BCUT2D eigenvalue weighted by atomic mass is 9.94. The van der Waals surface area contributed by atoms with Crippen molar-refractivity contribution in [3.05, 3.63) is 29.8 Å². The molecular formula is C26H41N3O5. The van der Waals surface area contributed by atoms with E-state index in [1.54, 1.807) is 32.9 Å². The fourth-order valence-electron chi connectivity index (χ4n) is 4.19. The number of carbonyl (C=O) groups is 3. The molecule has 1 aromatic rings. The Bertz CT molecular complexity index is 815. The highest BCUT2D eigenvalue weighted by Crippen LogP contribution is 2.27. The molecule has 0 saturated heterocycles. The minimum Gasteiger partial charge on any atom is -0.508 e. The predicted octanol–water partition coefficient (Wildman–Crippen LogP) is 4.43. The van der Waals surface area contributed by atoms with Crippen LogP contribution >= 0.6 is 0 Å². The number of carbonyl (C=O) groups excluding carboxylic acids is 3. The molecule has 2 rings (SSSR count). The van der Waals surface area contributed by atoms with Gasteiger partial charge in [0.05, 0.1) is 0 Å². The fraction of sp³-hybridized carbons (Fsp3) is 0.654. The molecular weight excluding hydrogens is 434 g/mol.